The van der Waals surface area contributed by atoms with Crippen LogP contribution in [-0.2, 0) is 4.79 Å². The van der Waals surface area contributed by atoms with E-state index in [4.69, 9.17) is 16.3 Å². The molecule has 1 atom stereocenters. The molecule has 0 heterocycles. The molecule has 0 radical (unpaired) electrons. The predicted octanol–water partition coefficient (Wildman–Crippen LogP) is 1.83. The highest BCUT2D eigenvalue weighted by Gasteiger charge is 2.06. The Morgan fingerprint density at radius 3 is 2.83 bits per heavy atom. The number of hydrogen-bond donors (Lipinski definition) is 2. The molecular weight excluding hydrogens is 252 g/mol. The number of likely N-dealkylation sites (N-methyl/N-ethyl adjacent to an activating group) is 1. The van der Waals surface area contributed by atoms with Gasteiger partial charge in [-0.05, 0) is 25.6 Å². The van der Waals surface area contributed by atoms with Crippen molar-refractivity contribution in [3.63, 3.8) is 0 Å². The van der Waals surface area contributed by atoms with Gasteiger partial charge in [-0.25, -0.2) is 0 Å². The van der Waals surface area contributed by atoms with Gasteiger partial charge < -0.3 is 15.4 Å². The first-order valence-corrected chi connectivity index (χ1v) is 6.38. The molecule has 18 heavy (non-hydrogen) atoms. The SMILES string of the molecule is CCN[C@H](C)CNC(=O)COc1ccccc1Cl. The zero-order valence-corrected chi connectivity index (χ0v) is 11.5. The summed E-state index contributed by atoms with van der Waals surface area (Å²) >= 11 is 5.91. The van der Waals surface area contributed by atoms with Crippen molar-refractivity contribution in [3.05, 3.63) is 29.3 Å². The second kappa shape index (κ2) is 7.95. The Bertz CT molecular complexity index is 385. The van der Waals surface area contributed by atoms with Crippen LogP contribution < -0.4 is 15.4 Å². The minimum Gasteiger partial charge on any atom is -0.482 e. The van der Waals surface area contributed by atoms with E-state index in [2.05, 4.69) is 10.6 Å². The lowest BCUT2D eigenvalue weighted by molar-refractivity contribution is -0.123. The molecular formula is C13H19ClN2O2. The maximum Gasteiger partial charge on any atom is 0.257 e. The Labute approximate surface area is 113 Å². The number of para-hydroxylation sites is 1. The molecule has 1 aromatic rings. The predicted molar refractivity (Wildman–Crippen MR) is 73.1 cm³/mol. The number of ether oxygens (including phenoxy) is 1. The number of hydrogen-bond acceptors (Lipinski definition) is 3. The van der Waals surface area contributed by atoms with Crippen molar-refractivity contribution in [2.24, 2.45) is 0 Å². The van der Waals surface area contributed by atoms with Crippen LogP contribution in [0.2, 0.25) is 5.02 Å². The van der Waals surface area contributed by atoms with E-state index in [1.165, 1.54) is 0 Å². The van der Waals surface area contributed by atoms with Crippen molar-refractivity contribution in [1.29, 1.82) is 0 Å². The Morgan fingerprint density at radius 2 is 2.17 bits per heavy atom. The summed E-state index contributed by atoms with van der Waals surface area (Å²) in [6, 6.07) is 7.33. The molecule has 0 fully saturated rings. The van der Waals surface area contributed by atoms with Crippen molar-refractivity contribution < 1.29 is 9.53 Å². The van der Waals surface area contributed by atoms with Crippen LogP contribution in [0.15, 0.2) is 24.3 Å². The molecule has 0 aliphatic heterocycles. The summed E-state index contributed by atoms with van der Waals surface area (Å²) < 4.78 is 5.33. The summed E-state index contributed by atoms with van der Waals surface area (Å²) in [6.07, 6.45) is 0. The number of carbonyl (C=O) groups excluding carboxylic acids is 1. The molecule has 0 aliphatic rings. The first-order chi connectivity index (χ1) is 8.63. The molecule has 0 spiro atoms. The molecule has 0 aromatic heterocycles. The van der Waals surface area contributed by atoms with Gasteiger partial charge in [0.05, 0.1) is 5.02 Å². The zero-order chi connectivity index (χ0) is 13.4. The molecule has 1 rings (SSSR count). The fraction of sp³-hybridized carbons (Fsp3) is 0.462. The molecule has 5 heteroatoms. The van der Waals surface area contributed by atoms with Crippen LogP contribution in [-0.4, -0.2) is 31.6 Å². The van der Waals surface area contributed by atoms with Gasteiger partial charge >= 0.3 is 0 Å². The Balaban J connectivity index is 2.27. The van der Waals surface area contributed by atoms with Gasteiger partial charge in [-0.2, -0.15) is 0 Å². The number of rotatable bonds is 7. The van der Waals surface area contributed by atoms with Gasteiger partial charge in [-0.15, -0.1) is 0 Å². The Hall–Kier alpha value is -1.26. The molecule has 4 nitrogen and oxygen atoms in total. The van der Waals surface area contributed by atoms with Crippen molar-refractivity contribution in [1.82, 2.24) is 10.6 Å². The standard InChI is InChI=1S/C13H19ClN2O2/c1-3-15-10(2)8-16-13(17)9-18-12-7-5-4-6-11(12)14/h4-7,10,15H,3,8-9H2,1-2H3,(H,16,17)/t10-/m1/s1. The van der Waals surface area contributed by atoms with Gasteiger partial charge in [0.15, 0.2) is 6.61 Å². The highest BCUT2D eigenvalue weighted by molar-refractivity contribution is 6.32. The van der Waals surface area contributed by atoms with Crippen LogP contribution >= 0.6 is 11.6 Å². The van der Waals surface area contributed by atoms with Crippen LogP contribution in [0.1, 0.15) is 13.8 Å². The average Bonchev–Trinajstić information content (AvgIpc) is 2.36. The van der Waals surface area contributed by atoms with Gasteiger partial charge in [-0.1, -0.05) is 30.7 Å². The van der Waals surface area contributed by atoms with Crippen molar-refractivity contribution in [2.45, 2.75) is 19.9 Å². The molecule has 1 amide bonds. The Kier molecular flexibility index (Phi) is 6.54. The van der Waals surface area contributed by atoms with Gasteiger partial charge in [0.25, 0.3) is 5.91 Å². The molecule has 100 valence electrons. The van der Waals surface area contributed by atoms with Gasteiger partial charge in [0, 0.05) is 12.6 Å². The molecule has 0 saturated carbocycles. The maximum atomic E-state index is 11.5. The van der Waals surface area contributed by atoms with Crippen molar-refractivity contribution >= 4 is 17.5 Å². The van der Waals surface area contributed by atoms with E-state index in [0.717, 1.165) is 6.54 Å². The van der Waals surface area contributed by atoms with Gasteiger partial charge in [0.1, 0.15) is 5.75 Å². The summed E-state index contributed by atoms with van der Waals surface area (Å²) in [7, 11) is 0. The van der Waals surface area contributed by atoms with Gasteiger partial charge in [0.2, 0.25) is 0 Å². The van der Waals surface area contributed by atoms with Crippen molar-refractivity contribution in [3.8, 4) is 5.75 Å². The number of benzene rings is 1. The highest BCUT2D eigenvalue weighted by Crippen LogP contribution is 2.22. The third-order valence-electron chi connectivity index (χ3n) is 2.35. The second-order valence-corrected chi connectivity index (χ2v) is 4.39. The second-order valence-electron chi connectivity index (χ2n) is 3.98. The number of halogens is 1. The van der Waals surface area contributed by atoms with E-state index in [-0.39, 0.29) is 18.6 Å². The van der Waals surface area contributed by atoms with Crippen LogP contribution in [0.25, 0.3) is 0 Å². The third-order valence-corrected chi connectivity index (χ3v) is 2.67. The monoisotopic (exact) mass is 270 g/mol. The van der Waals surface area contributed by atoms with Gasteiger partial charge in [-0.3, -0.25) is 4.79 Å². The van der Waals surface area contributed by atoms with Crippen LogP contribution in [0.3, 0.4) is 0 Å². The molecule has 2 N–H and O–H groups in total. The van der Waals surface area contributed by atoms with E-state index in [0.29, 0.717) is 17.3 Å². The van der Waals surface area contributed by atoms with Crippen molar-refractivity contribution in [2.75, 3.05) is 19.7 Å². The third kappa shape index (κ3) is 5.38. The zero-order valence-electron chi connectivity index (χ0n) is 10.7. The summed E-state index contributed by atoms with van der Waals surface area (Å²) in [5.74, 6) is 0.369. The normalized spacial score (nSPS) is 11.9. The Morgan fingerprint density at radius 1 is 1.44 bits per heavy atom. The first kappa shape index (κ1) is 14.8. The van der Waals surface area contributed by atoms with Crippen LogP contribution in [0.4, 0.5) is 0 Å². The summed E-state index contributed by atoms with van der Waals surface area (Å²) in [4.78, 5) is 11.5. The van der Waals surface area contributed by atoms with E-state index in [9.17, 15) is 4.79 Å². The largest absolute Gasteiger partial charge is 0.482 e. The van der Waals surface area contributed by atoms with Crippen LogP contribution in [0, 0.1) is 0 Å². The number of nitrogens with one attached hydrogen (secondary N) is 2. The molecule has 0 bridgehead atoms. The van der Waals surface area contributed by atoms with Crippen LogP contribution in [0.5, 0.6) is 5.75 Å². The topological polar surface area (TPSA) is 50.4 Å². The molecule has 1 aromatic carbocycles. The summed E-state index contributed by atoms with van der Waals surface area (Å²) in [6.45, 7) is 5.48. The minimum atomic E-state index is -0.153. The van der Waals surface area contributed by atoms with E-state index in [1.807, 2.05) is 26.0 Å². The van der Waals surface area contributed by atoms with E-state index < -0.39 is 0 Å². The van der Waals surface area contributed by atoms with E-state index >= 15 is 0 Å². The molecule has 0 aliphatic carbocycles. The quantitative estimate of drug-likeness (QED) is 0.795. The minimum absolute atomic E-state index is 0.0252. The lowest BCUT2D eigenvalue weighted by atomic mass is 10.3. The lowest BCUT2D eigenvalue weighted by Crippen LogP contribution is -2.40. The summed E-state index contributed by atoms with van der Waals surface area (Å²) in [5.41, 5.74) is 0. The summed E-state index contributed by atoms with van der Waals surface area (Å²) in [5, 5.41) is 6.50. The highest BCUT2D eigenvalue weighted by atomic mass is 35.5. The average molecular weight is 271 g/mol. The lowest BCUT2D eigenvalue weighted by Gasteiger charge is -2.13. The smallest absolute Gasteiger partial charge is 0.257 e. The molecule has 0 saturated heterocycles. The van der Waals surface area contributed by atoms with E-state index in [1.54, 1.807) is 12.1 Å². The first-order valence-electron chi connectivity index (χ1n) is 6.01. The fourth-order valence-electron chi connectivity index (χ4n) is 1.44. The molecule has 0 unspecified atom stereocenters. The number of carbonyl (C=O) groups is 1. The number of amides is 1. The maximum absolute atomic E-state index is 11.5. The fourth-order valence-corrected chi connectivity index (χ4v) is 1.63.